The number of aldehydes is 1. The van der Waals surface area contributed by atoms with Crippen LogP contribution in [-0.4, -0.2) is 83.8 Å². The number of carbonyl (C=O) groups is 4. The van der Waals surface area contributed by atoms with Gasteiger partial charge in [0.25, 0.3) is 17.1 Å². The fourth-order valence-corrected chi connectivity index (χ4v) is 4.03. The molecular weight excluding hydrogens is 702 g/mol. The first-order valence-corrected chi connectivity index (χ1v) is 16.3. The van der Waals surface area contributed by atoms with E-state index in [0.717, 1.165) is 0 Å². The molecule has 3 aromatic carbocycles. The molecular formula is C36H44ClN3O12. The maximum absolute atomic E-state index is 11.9. The van der Waals surface area contributed by atoms with E-state index in [1.807, 2.05) is 0 Å². The van der Waals surface area contributed by atoms with Crippen molar-refractivity contribution in [3.8, 4) is 34.5 Å². The molecule has 282 valence electrons. The van der Waals surface area contributed by atoms with Crippen molar-refractivity contribution < 1.29 is 57.8 Å². The van der Waals surface area contributed by atoms with Gasteiger partial charge in [-0.15, -0.1) is 0 Å². The Bertz CT molecular complexity index is 1740. The van der Waals surface area contributed by atoms with Gasteiger partial charge in [0.2, 0.25) is 20.4 Å². The molecule has 52 heavy (non-hydrogen) atoms. The molecule has 0 atom stereocenters. The van der Waals surface area contributed by atoms with Crippen molar-refractivity contribution in [3.05, 3.63) is 71.3 Å². The monoisotopic (exact) mass is 745 g/mol. The topological polar surface area (TPSA) is 214 Å². The number of benzene rings is 3. The number of hydrogen-bond donors (Lipinski definition) is 5. The highest BCUT2D eigenvalue weighted by atomic mass is 35.5. The summed E-state index contributed by atoms with van der Waals surface area (Å²) in [6.07, 6.45) is 0.692. The van der Waals surface area contributed by atoms with Gasteiger partial charge in [0, 0.05) is 22.2 Å². The summed E-state index contributed by atoms with van der Waals surface area (Å²) in [6, 6.07) is 14.7. The molecule has 0 bridgehead atoms. The van der Waals surface area contributed by atoms with E-state index in [4.69, 9.17) is 56.0 Å². The van der Waals surface area contributed by atoms with Gasteiger partial charge in [-0.25, -0.2) is 0 Å². The first kappa shape index (κ1) is 41.3. The number of aliphatic hydroxyl groups is 2. The van der Waals surface area contributed by atoms with E-state index in [1.165, 1.54) is 0 Å². The third-order valence-corrected chi connectivity index (χ3v) is 7.07. The van der Waals surface area contributed by atoms with Crippen molar-refractivity contribution in [3.63, 3.8) is 0 Å². The minimum atomic E-state index is -0.881. The van der Waals surface area contributed by atoms with Crippen molar-refractivity contribution in [1.29, 1.82) is 0 Å². The molecule has 16 heteroatoms. The largest absolute Gasteiger partial charge is 0.454 e. The molecule has 0 saturated heterocycles. The van der Waals surface area contributed by atoms with E-state index >= 15 is 0 Å². The molecule has 6 rings (SSSR count). The second-order valence-corrected chi connectivity index (χ2v) is 13.8. The van der Waals surface area contributed by atoms with E-state index in [2.05, 4.69) is 10.6 Å². The van der Waals surface area contributed by atoms with Crippen LogP contribution < -0.4 is 44.8 Å². The van der Waals surface area contributed by atoms with Gasteiger partial charge in [-0.05, 0) is 108 Å². The van der Waals surface area contributed by atoms with Gasteiger partial charge in [0.1, 0.15) is 6.29 Å². The number of rotatable bonds is 8. The maximum Gasteiger partial charge on any atom is 0.252 e. The van der Waals surface area contributed by atoms with Gasteiger partial charge in [0.15, 0.2) is 34.5 Å². The Kier molecular flexibility index (Phi) is 14.2. The quantitative estimate of drug-likeness (QED) is 0.165. The third-order valence-electron chi connectivity index (χ3n) is 6.85. The van der Waals surface area contributed by atoms with E-state index in [-0.39, 0.29) is 45.4 Å². The van der Waals surface area contributed by atoms with Crippen LogP contribution in [0.25, 0.3) is 0 Å². The normalized spacial score (nSPS) is 13.2. The van der Waals surface area contributed by atoms with Crippen molar-refractivity contribution in [2.75, 3.05) is 33.6 Å². The lowest BCUT2D eigenvalue weighted by atomic mass is 10.1. The van der Waals surface area contributed by atoms with Crippen molar-refractivity contribution in [1.82, 2.24) is 10.6 Å². The second-order valence-electron chi connectivity index (χ2n) is 13.4. The molecule has 0 spiro atoms. The molecule has 0 radical (unpaired) electrons. The van der Waals surface area contributed by atoms with Crippen LogP contribution in [0.5, 0.6) is 34.5 Å². The average molecular weight is 746 g/mol. The highest BCUT2D eigenvalue weighted by molar-refractivity contribution is 6.67. The van der Waals surface area contributed by atoms with Crippen LogP contribution in [0.2, 0.25) is 0 Å². The fraction of sp³-hybridized carbons (Fsp3) is 0.389. The maximum atomic E-state index is 11.9. The molecule has 15 nitrogen and oxygen atoms in total. The summed E-state index contributed by atoms with van der Waals surface area (Å²) >= 11 is 5.27. The molecule has 3 aliphatic heterocycles. The van der Waals surface area contributed by atoms with Crippen molar-refractivity contribution >= 4 is 34.9 Å². The van der Waals surface area contributed by atoms with Crippen molar-refractivity contribution in [2.45, 2.75) is 58.2 Å². The highest BCUT2D eigenvalue weighted by Gasteiger charge is 2.23. The lowest BCUT2D eigenvalue weighted by Crippen LogP contribution is -2.46. The van der Waals surface area contributed by atoms with Crippen LogP contribution in [0.1, 0.15) is 72.6 Å². The number of halogens is 1. The Labute approximate surface area is 306 Å². The predicted molar refractivity (Wildman–Crippen MR) is 189 cm³/mol. The van der Waals surface area contributed by atoms with Crippen molar-refractivity contribution in [2.24, 2.45) is 5.73 Å². The number of ether oxygens (including phenoxy) is 6. The smallest absolute Gasteiger partial charge is 0.252 e. The second kappa shape index (κ2) is 17.9. The van der Waals surface area contributed by atoms with E-state index in [9.17, 15) is 19.2 Å². The average Bonchev–Trinajstić information content (AvgIpc) is 3.88. The molecule has 2 amide bonds. The minimum absolute atomic E-state index is 0.0486. The standard InChI is InChI=1S/C12H15NO4.C12H13NO4.C8H5ClO3.C4H11NO/c2*1-12(2,6-14)13-11(15)8-3-4-9-10(5-8)17-7-16-9;9-8(10)5-1-2-6-7(3-5)12-4-11-6;1-4(2,5)3-6/h3-5,14H,6-7H2,1-2H3,(H,13,15);3-6H,7H2,1-2H3,(H,13,15);1-3H,4H2;6H,3,5H2,1-2H3. The van der Waals surface area contributed by atoms with Crippen LogP contribution in [0.15, 0.2) is 54.6 Å². The summed E-state index contributed by atoms with van der Waals surface area (Å²) in [7, 11) is 0. The molecule has 6 N–H and O–H groups in total. The summed E-state index contributed by atoms with van der Waals surface area (Å²) in [6.45, 7) is 10.8. The number of nitrogens with one attached hydrogen (secondary N) is 2. The number of hydrogen-bond acceptors (Lipinski definition) is 13. The summed E-state index contributed by atoms with van der Waals surface area (Å²) < 4.78 is 30.8. The molecule has 0 unspecified atom stereocenters. The van der Waals surface area contributed by atoms with E-state index < -0.39 is 21.9 Å². The van der Waals surface area contributed by atoms with Crippen LogP contribution in [0.3, 0.4) is 0 Å². The highest BCUT2D eigenvalue weighted by Crippen LogP contribution is 2.34. The van der Waals surface area contributed by atoms with Gasteiger partial charge in [-0.3, -0.25) is 14.4 Å². The lowest BCUT2D eigenvalue weighted by Gasteiger charge is -2.23. The number of fused-ring (bicyclic) bond motifs is 3. The zero-order valence-corrected chi connectivity index (χ0v) is 30.5. The summed E-state index contributed by atoms with van der Waals surface area (Å²) in [4.78, 5) is 45.2. The SMILES string of the molecule is CC(C)(C=O)NC(=O)c1ccc2c(c1)OCO2.CC(C)(CO)NC(=O)c1ccc2c(c1)OCO2.CC(C)(N)CO.O=C(Cl)c1ccc2c(c1)OCO2. The first-order chi connectivity index (χ1) is 24.4. The Morgan fingerprint density at radius 1 is 0.654 bits per heavy atom. The van der Waals surface area contributed by atoms with Gasteiger partial charge in [-0.2, -0.15) is 0 Å². The molecule has 0 aromatic heterocycles. The minimum Gasteiger partial charge on any atom is -0.454 e. The van der Waals surface area contributed by atoms with Gasteiger partial charge < -0.3 is 59.8 Å². The summed E-state index contributed by atoms with van der Waals surface area (Å²) in [5, 5.41) is 22.2. The molecule has 3 aliphatic rings. The van der Waals surface area contributed by atoms with Crippen LogP contribution in [-0.2, 0) is 4.79 Å². The van der Waals surface area contributed by atoms with Crippen LogP contribution >= 0.6 is 11.6 Å². The number of nitrogens with two attached hydrogens (primary N) is 1. The lowest BCUT2D eigenvalue weighted by molar-refractivity contribution is -0.112. The molecule has 3 aromatic rings. The Hall–Kier alpha value is -5.09. The number of carbonyl (C=O) groups excluding carboxylic acids is 4. The molecule has 0 fully saturated rings. The number of amides is 2. The molecule has 0 aliphatic carbocycles. The zero-order chi connectivity index (χ0) is 38.7. The fourth-order valence-electron chi connectivity index (χ4n) is 3.91. The van der Waals surface area contributed by atoms with Gasteiger partial charge in [0.05, 0.1) is 24.3 Å². The van der Waals surface area contributed by atoms with Gasteiger partial charge >= 0.3 is 0 Å². The molecule has 3 heterocycles. The van der Waals surface area contributed by atoms with Crippen LogP contribution in [0, 0.1) is 0 Å². The zero-order valence-electron chi connectivity index (χ0n) is 29.7. The van der Waals surface area contributed by atoms with Crippen LogP contribution in [0.4, 0.5) is 0 Å². The Morgan fingerprint density at radius 3 is 1.35 bits per heavy atom. The van der Waals surface area contributed by atoms with Gasteiger partial charge in [-0.1, -0.05) is 0 Å². The predicted octanol–water partition coefficient (Wildman–Crippen LogP) is 3.55. The molecule has 0 saturated carbocycles. The Morgan fingerprint density at radius 2 is 1.00 bits per heavy atom. The van der Waals surface area contributed by atoms with E-state index in [1.54, 1.807) is 96.1 Å². The summed E-state index contributed by atoms with van der Waals surface area (Å²) in [5.74, 6) is 3.03. The Balaban J connectivity index is 0.000000197. The summed E-state index contributed by atoms with van der Waals surface area (Å²) in [5.41, 5.74) is 4.69. The third kappa shape index (κ3) is 12.6. The number of aliphatic hydroxyl groups excluding tert-OH is 2. The first-order valence-electron chi connectivity index (χ1n) is 15.9. The van der Waals surface area contributed by atoms with E-state index in [0.29, 0.717) is 57.5 Å².